The molecular formula is C42H44BBrF2N8O6. The molecule has 0 aliphatic heterocycles. The lowest BCUT2D eigenvalue weighted by atomic mass is 9.80. The van der Waals surface area contributed by atoms with Gasteiger partial charge in [0.1, 0.15) is 16.0 Å². The molecule has 60 heavy (non-hydrogen) atoms. The largest absolute Gasteiger partial charge is 0.505 e. The molecular weight excluding hydrogens is 841 g/mol. The van der Waals surface area contributed by atoms with Gasteiger partial charge in [0.25, 0.3) is 11.8 Å². The molecule has 14 nitrogen and oxygen atoms in total. The van der Waals surface area contributed by atoms with Gasteiger partial charge >= 0.3 is 7.12 Å². The van der Waals surface area contributed by atoms with Gasteiger partial charge in [0.15, 0.2) is 23.1 Å². The van der Waals surface area contributed by atoms with Crippen LogP contribution in [0.1, 0.15) is 70.6 Å². The predicted octanol–water partition coefficient (Wildman–Crippen LogP) is 5.51. The van der Waals surface area contributed by atoms with Crippen LogP contribution in [0.5, 0.6) is 11.5 Å². The summed E-state index contributed by atoms with van der Waals surface area (Å²) in [7, 11) is 2.03. The van der Waals surface area contributed by atoms with Crippen molar-refractivity contribution in [2.45, 2.75) is 63.7 Å². The first-order chi connectivity index (χ1) is 28.7. The molecule has 0 spiro atoms. The van der Waals surface area contributed by atoms with Crippen LogP contribution < -0.4 is 5.46 Å². The minimum absolute atomic E-state index is 0.00762. The Morgan fingerprint density at radius 1 is 0.717 bits per heavy atom. The number of hydrogen-bond donors (Lipinski definition) is 4. The fourth-order valence-electron chi connectivity index (χ4n) is 6.50. The summed E-state index contributed by atoms with van der Waals surface area (Å²) in [5, 5.41) is 35.5. The molecule has 0 unspecified atom stereocenters. The molecule has 0 saturated heterocycles. The number of carbonyl (C=O) groups excluding carboxylic acids is 2. The molecule has 2 fully saturated rings. The Balaban J connectivity index is 0.000000166. The number of hydrogen-bond acceptors (Lipinski definition) is 10. The highest BCUT2D eigenvalue weighted by atomic mass is 79.9. The van der Waals surface area contributed by atoms with Crippen molar-refractivity contribution < 1.29 is 38.6 Å². The first-order valence-electron chi connectivity index (χ1n) is 19.2. The van der Waals surface area contributed by atoms with Gasteiger partial charge < -0.3 is 39.2 Å². The maximum atomic E-state index is 13.3. The minimum atomic E-state index is -1.68. The molecule has 0 bridgehead atoms. The number of aromatic nitrogens is 6. The number of aryl methyl sites for hydroxylation is 2. The van der Waals surface area contributed by atoms with E-state index in [1.54, 1.807) is 52.6 Å². The lowest BCUT2D eigenvalue weighted by Crippen LogP contribution is -2.43. The molecule has 4 heterocycles. The Labute approximate surface area is 354 Å². The Kier molecular flexibility index (Phi) is 14.4. The average molecular weight is 886 g/mol. The van der Waals surface area contributed by atoms with E-state index in [-0.39, 0.29) is 23.3 Å². The first kappa shape index (κ1) is 43.6. The van der Waals surface area contributed by atoms with Crippen molar-refractivity contribution in [3.05, 3.63) is 137 Å². The molecule has 0 radical (unpaired) electrons. The number of amides is 2. The molecule has 2 aliphatic rings. The molecule has 2 aliphatic carbocycles. The molecule has 2 saturated carbocycles. The van der Waals surface area contributed by atoms with Crippen molar-refractivity contribution >= 4 is 40.3 Å². The molecule has 6 aromatic rings. The lowest BCUT2D eigenvalue weighted by molar-refractivity contribution is 0.0544. The van der Waals surface area contributed by atoms with Gasteiger partial charge in [0.05, 0.1) is 18.3 Å². The van der Waals surface area contributed by atoms with Crippen molar-refractivity contribution in [3.8, 4) is 22.8 Å². The fourth-order valence-corrected chi connectivity index (χ4v) is 6.91. The molecule has 312 valence electrons. The Morgan fingerprint density at radius 3 is 1.65 bits per heavy atom. The van der Waals surface area contributed by atoms with Gasteiger partial charge in [0.2, 0.25) is 0 Å². The van der Waals surface area contributed by atoms with Crippen LogP contribution in [0.2, 0.25) is 0 Å². The average Bonchev–Trinajstić information content (AvgIpc) is 3.83. The second-order valence-electron chi connectivity index (χ2n) is 14.7. The van der Waals surface area contributed by atoms with Crippen LogP contribution in [-0.2, 0) is 27.2 Å². The van der Waals surface area contributed by atoms with Crippen LogP contribution in [0.25, 0.3) is 11.3 Å². The standard InChI is InChI=1S/C21H21FN4O2.C15H17BrN4O.C6H6BFO3/c1-25-12-19(24-13-25)21(28)26(16-3-2-4-16)11-14-7-8-23-18(9-14)15-5-6-17(22)20(27)10-15;1-19-9-13(18-10-19)15(21)20(12-3-2-4-12)8-11-5-6-17-14(16)7-11;8-5-2-1-4(7(10)11)3-6(5)9/h5-10,12-13,16,27H,2-4,11H2,1H3;5-7,9-10,12H,2-4,8H2,1H3;1-3,9-11H. The predicted molar refractivity (Wildman–Crippen MR) is 223 cm³/mol. The van der Waals surface area contributed by atoms with E-state index in [1.165, 1.54) is 24.6 Å². The van der Waals surface area contributed by atoms with E-state index in [1.807, 2.05) is 48.2 Å². The van der Waals surface area contributed by atoms with Gasteiger partial charge in [-0.2, -0.15) is 0 Å². The van der Waals surface area contributed by atoms with Crippen LogP contribution in [0.15, 0.2) is 103 Å². The first-order valence-corrected chi connectivity index (χ1v) is 20.0. The fraction of sp³-hybridized carbons (Fsp3) is 0.286. The summed E-state index contributed by atoms with van der Waals surface area (Å²) >= 11 is 3.38. The van der Waals surface area contributed by atoms with Crippen molar-refractivity contribution in [2.24, 2.45) is 14.1 Å². The summed E-state index contributed by atoms with van der Waals surface area (Å²) in [6.45, 7) is 1.05. The third-order valence-corrected chi connectivity index (χ3v) is 10.7. The number of imidazole rings is 2. The van der Waals surface area contributed by atoms with Crippen LogP contribution >= 0.6 is 15.9 Å². The zero-order valence-electron chi connectivity index (χ0n) is 32.9. The summed E-state index contributed by atoms with van der Waals surface area (Å²) < 4.78 is 30.0. The van der Waals surface area contributed by atoms with Crippen LogP contribution in [-0.4, -0.2) is 90.1 Å². The van der Waals surface area contributed by atoms with Crippen molar-refractivity contribution in [3.63, 3.8) is 0 Å². The number of phenols is 2. The van der Waals surface area contributed by atoms with E-state index in [0.717, 1.165) is 60.0 Å². The number of aromatic hydroxyl groups is 2. The summed E-state index contributed by atoms with van der Waals surface area (Å²) in [5.41, 5.74) is 4.24. The van der Waals surface area contributed by atoms with Gasteiger partial charge in [-0.1, -0.05) is 6.07 Å². The van der Waals surface area contributed by atoms with Gasteiger partial charge in [-0.25, -0.2) is 23.7 Å². The molecule has 2 amide bonds. The Bertz CT molecular complexity index is 2430. The van der Waals surface area contributed by atoms with Crippen LogP contribution in [0.4, 0.5) is 8.78 Å². The molecule has 2 aromatic carbocycles. The van der Waals surface area contributed by atoms with Crippen molar-refractivity contribution in [2.75, 3.05) is 0 Å². The smallest absolute Gasteiger partial charge is 0.488 e. The summed E-state index contributed by atoms with van der Waals surface area (Å²) in [5.74, 6) is -2.52. The topological polar surface area (TPSA) is 183 Å². The summed E-state index contributed by atoms with van der Waals surface area (Å²) in [4.78, 5) is 46.3. The highest BCUT2D eigenvalue weighted by Crippen LogP contribution is 2.30. The number of nitrogens with zero attached hydrogens (tertiary/aromatic N) is 8. The Morgan fingerprint density at radius 2 is 1.22 bits per heavy atom. The number of rotatable bonds is 10. The Hall–Kier alpha value is -5.98. The quantitative estimate of drug-likeness (QED) is 0.101. The van der Waals surface area contributed by atoms with E-state index in [0.29, 0.717) is 41.8 Å². The molecule has 8 rings (SSSR count). The number of carbonyl (C=O) groups is 2. The second-order valence-corrected chi connectivity index (χ2v) is 15.5. The second kappa shape index (κ2) is 19.9. The van der Waals surface area contributed by atoms with Crippen molar-refractivity contribution in [1.82, 2.24) is 38.9 Å². The van der Waals surface area contributed by atoms with Crippen molar-refractivity contribution in [1.29, 1.82) is 0 Å². The molecule has 0 atom stereocenters. The van der Waals surface area contributed by atoms with Crippen LogP contribution in [0.3, 0.4) is 0 Å². The summed E-state index contributed by atoms with van der Waals surface area (Å²) in [6, 6.07) is 15.4. The number of phenolic OH excluding ortho intramolecular Hbond substituents is 2. The molecule has 18 heteroatoms. The zero-order chi connectivity index (χ0) is 42.9. The van der Waals surface area contributed by atoms with E-state index < -0.39 is 30.3 Å². The number of halogens is 3. The molecule has 4 aromatic heterocycles. The third kappa shape index (κ3) is 11.2. The third-order valence-electron chi connectivity index (χ3n) is 10.2. The van der Waals surface area contributed by atoms with Gasteiger partial charge in [-0.15, -0.1) is 0 Å². The van der Waals surface area contributed by atoms with Gasteiger partial charge in [-0.05, 0) is 126 Å². The monoisotopic (exact) mass is 884 g/mol. The maximum Gasteiger partial charge on any atom is 0.488 e. The summed E-state index contributed by atoms with van der Waals surface area (Å²) in [6.07, 6.45) is 16.6. The van der Waals surface area contributed by atoms with Gasteiger partial charge in [-0.3, -0.25) is 14.6 Å². The van der Waals surface area contributed by atoms with E-state index >= 15 is 0 Å². The number of benzene rings is 2. The lowest BCUT2D eigenvalue weighted by Gasteiger charge is -2.37. The normalized spacial score (nSPS) is 13.4. The minimum Gasteiger partial charge on any atom is -0.505 e. The highest BCUT2D eigenvalue weighted by Gasteiger charge is 2.32. The van der Waals surface area contributed by atoms with E-state index in [4.69, 9.17) is 15.2 Å². The van der Waals surface area contributed by atoms with Crippen LogP contribution in [0, 0.1) is 11.6 Å². The highest BCUT2D eigenvalue weighted by molar-refractivity contribution is 9.10. The number of pyridine rings is 2. The van der Waals surface area contributed by atoms with Gasteiger partial charge in [0, 0.05) is 69.6 Å². The maximum absolute atomic E-state index is 13.3. The van der Waals surface area contributed by atoms with E-state index in [9.17, 15) is 23.5 Å². The SMILES string of the molecule is Cn1cnc(C(=O)N(Cc2ccnc(-c3ccc(F)c(O)c3)c2)C2CCC2)c1.Cn1cnc(C(=O)N(Cc2ccnc(Br)c2)C2CCC2)c1.OB(O)c1ccc(F)c(O)c1. The molecule has 4 N–H and O–H groups in total. The van der Waals surface area contributed by atoms with E-state index in [2.05, 4.69) is 35.9 Å². The zero-order valence-corrected chi connectivity index (χ0v) is 34.5.